The normalized spacial score (nSPS) is 13.3. The van der Waals surface area contributed by atoms with Crippen molar-refractivity contribution in [2.45, 2.75) is 52.6 Å². The summed E-state index contributed by atoms with van der Waals surface area (Å²) in [7, 11) is 0. The number of hydrogen-bond donors (Lipinski definition) is 3. The van der Waals surface area contributed by atoms with Crippen LogP contribution in [0.1, 0.15) is 50.7 Å². The molecule has 0 radical (unpaired) electrons. The lowest BCUT2D eigenvalue weighted by Crippen LogP contribution is -2.33. The fourth-order valence-corrected chi connectivity index (χ4v) is 3.48. The molecule has 0 aliphatic carbocycles. The minimum absolute atomic E-state index is 0.0382. The fourth-order valence-electron chi connectivity index (χ4n) is 3.48. The number of aromatic amines is 1. The molecule has 1 amide bonds. The number of H-pyrrole nitrogens is 1. The van der Waals surface area contributed by atoms with Crippen molar-refractivity contribution in [1.29, 1.82) is 0 Å². The number of nitrogens with one attached hydrogen (secondary N) is 2. The number of fused-ring (bicyclic) bond motifs is 1. The lowest BCUT2D eigenvalue weighted by atomic mass is 9.98. The maximum Gasteiger partial charge on any atom is 0.254 e. The molecular formula is C22H28N4O3. The molecule has 2 heterocycles. The van der Waals surface area contributed by atoms with Crippen molar-refractivity contribution in [3.05, 3.63) is 58.3 Å². The molecule has 3 N–H and O–H groups in total. The zero-order valence-corrected chi connectivity index (χ0v) is 17.1. The van der Waals surface area contributed by atoms with Gasteiger partial charge in [-0.2, -0.15) is 0 Å². The third kappa shape index (κ3) is 4.85. The number of aromatic nitrogens is 3. The summed E-state index contributed by atoms with van der Waals surface area (Å²) >= 11 is 0. The maximum atomic E-state index is 12.6. The van der Waals surface area contributed by atoms with Crippen LogP contribution in [0.3, 0.4) is 0 Å². The van der Waals surface area contributed by atoms with E-state index in [0.717, 1.165) is 23.3 Å². The van der Waals surface area contributed by atoms with Crippen LogP contribution < -0.4 is 10.9 Å². The Kier molecular flexibility index (Phi) is 6.36. The Bertz CT molecular complexity index is 1020. The number of pyridine rings is 1. The molecule has 7 nitrogen and oxygen atoms in total. The first-order valence-electron chi connectivity index (χ1n) is 10.0. The van der Waals surface area contributed by atoms with Gasteiger partial charge in [-0.3, -0.25) is 9.59 Å². The van der Waals surface area contributed by atoms with E-state index in [1.165, 1.54) is 6.07 Å². The summed E-state index contributed by atoms with van der Waals surface area (Å²) in [6.45, 7) is 6.38. The number of hydrogen-bond acceptors (Lipinski definition) is 4. The number of benzene rings is 1. The van der Waals surface area contributed by atoms with Crippen LogP contribution in [0.5, 0.6) is 5.75 Å². The molecule has 3 aromatic rings. The first-order valence-corrected chi connectivity index (χ1v) is 10.0. The second kappa shape index (κ2) is 8.94. The molecule has 0 saturated heterocycles. The summed E-state index contributed by atoms with van der Waals surface area (Å²) in [4.78, 5) is 32.6. The molecule has 29 heavy (non-hydrogen) atoms. The number of carbonyl (C=O) groups is 1. The average Bonchev–Trinajstić information content (AvgIpc) is 3.11. The van der Waals surface area contributed by atoms with Crippen molar-refractivity contribution in [2.24, 2.45) is 5.92 Å². The van der Waals surface area contributed by atoms with E-state index in [-0.39, 0.29) is 29.2 Å². The Hall–Kier alpha value is -3.09. The average molecular weight is 396 g/mol. The zero-order valence-electron chi connectivity index (χ0n) is 17.1. The summed E-state index contributed by atoms with van der Waals surface area (Å²) in [6.07, 6.45) is 1.74. The van der Waals surface area contributed by atoms with Crippen LogP contribution in [0.2, 0.25) is 0 Å². The van der Waals surface area contributed by atoms with Gasteiger partial charge < -0.3 is 20.0 Å². The highest BCUT2D eigenvalue weighted by Gasteiger charge is 2.23. The molecule has 0 saturated carbocycles. The maximum absolute atomic E-state index is 12.6. The van der Waals surface area contributed by atoms with Gasteiger partial charge in [0.25, 0.3) is 5.56 Å². The Morgan fingerprint density at radius 2 is 2.07 bits per heavy atom. The summed E-state index contributed by atoms with van der Waals surface area (Å²) in [5, 5.41) is 12.6. The van der Waals surface area contributed by atoms with Crippen molar-refractivity contribution in [2.75, 3.05) is 0 Å². The number of rotatable bonds is 8. The van der Waals surface area contributed by atoms with Crippen LogP contribution in [0.15, 0.2) is 41.2 Å². The summed E-state index contributed by atoms with van der Waals surface area (Å²) in [5.74, 6) is 0.880. The molecule has 0 aliphatic heterocycles. The van der Waals surface area contributed by atoms with Crippen LogP contribution in [-0.4, -0.2) is 25.5 Å². The standard InChI is InChI=1S/C22H28N4O3/c1-4-14(2)21(22-23-17-8-5-6-9-18(17)24-22)25-19(28)10-7-11-26-15(3)12-16(27)13-20(26)29/h5-6,8-9,12-14,21,27H,4,7,10-11H2,1-3H3,(H,23,24)(H,25,28). The van der Waals surface area contributed by atoms with Gasteiger partial charge in [0, 0.05) is 24.7 Å². The highest BCUT2D eigenvalue weighted by molar-refractivity contribution is 5.77. The zero-order chi connectivity index (χ0) is 21.0. The molecule has 3 rings (SSSR count). The van der Waals surface area contributed by atoms with Crippen molar-refractivity contribution in [1.82, 2.24) is 19.9 Å². The van der Waals surface area contributed by atoms with E-state index in [2.05, 4.69) is 29.1 Å². The lowest BCUT2D eigenvalue weighted by Gasteiger charge is -2.22. The van der Waals surface area contributed by atoms with E-state index in [4.69, 9.17) is 0 Å². The predicted molar refractivity (Wildman–Crippen MR) is 113 cm³/mol. The molecule has 154 valence electrons. The molecule has 0 aliphatic rings. The smallest absolute Gasteiger partial charge is 0.254 e. The molecule has 2 aromatic heterocycles. The van der Waals surface area contributed by atoms with Crippen molar-refractivity contribution < 1.29 is 9.90 Å². The number of aryl methyl sites for hydroxylation is 1. The van der Waals surface area contributed by atoms with Gasteiger partial charge in [-0.15, -0.1) is 0 Å². The SMILES string of the molecule is CCC(C)C(NC(=O)CCCn1c(C)cc(O)cc1=O)c1nc2ccccc2[nH]1. The second-order valence-electron chi connectivity index (χ2n) is 7.52. The van der Waals surface area contributed by atoms with Crippen LogP contribution >= 0.6 is 0 Å². The molecule has 0 fully saturated rings. The highest BCUT2D eigenvalue weighted by Crippen LogP contribution is 2.24. The Balaban J connectivity index is 1.65. The van der Waals surface area contributed by atoms with Gasteiger partial charge in [-0.25, -0.2) is 4.98 Å². The van der Waals surface area contributed by atoms with E-state index < -0.39 is 0 Å². The monoisotopic (exact) mass is 396 g/mol. The van der Waals surface area contributed by atoms with Crippen molar-refractivity contribution in [3.8, 4) is 5.75 Å². The minimum atomic E-state index is -0.261. The van der Waals surface area contributed by atoms with Gasteiger partial charge in [0.15, 0.2) is 0 Å². The molecule has 0 bridgehead atoms. The number of nitrogens with zero attached hydrogens (tertiary/aromatic N) is 2. The van der Waals surface area contributed by atoms with Crippen LogP contribution in [0.25, 0.3) is 11.0 Å². The summed E-state index contributed by atoms with van der Waals surface area (Å²) in [5.41, 5.74) is 2.25. The largest absolute Gasteiger partial charge is 0.508 e. The number of aromatic hydroxyl groups is 1. The molecule has 0 spiro atoms. The molecular weight excluding hydrogens is 368 g/mol. The quantitative estimate of drug-likeness (QED) is 0.543. The van der Waals surface area contributed by atoms with E-state index in [1.54, 1.807) is 17.6 Å². The number of amides is 1. The highest BCUT2D eigenvalue weighted by atomic mass is 16.3. The molecule has 2 unspecified atom stereocenters. The third-order valence-corrected chi connectivity index (χ3v) is 5.34. The third-order valence-electron chi connectivity index (χ3n) is 5.34. The van der Waals surface area contributed by atoms with Gasteiger partial charge >= 0.3 is 0 Å². The van der Waals surface area contributed by atoms with Gasteiger partial charge in [-0.05, 0) is 37.5 Å². The topological polar surface area (TPSA) is 100 Å². The number of carbonyl (C=O) groups excluding carboxylic acids is 1. The lowest BCUT2D eigenvalue weighted by molar-refractivity contribution is -0.122. The first kappa shape index (κ1) is 20.6. The van der Waals surface area contributed by atoms with Gasteiger partial charge in [-0.1, -0.05) is 32.4 Å². The molecule has 1 aromatic carbocycles. The molecule has 2 atom stereocenters. The first-order chi connectivity index (χ1) is 13.9. The predicted octanol–water partition coefficient (Wildman–Crippen LogP) is 3.42. The summed E-state index contributed by atoms with van der Waals surface area (Å²) in [6, 6.07) is 10.3. The van der Waals surface area contributed by atoms with E-state index in [9.17, 15) is 14.7 Å². The summed E-state index contributed by atoms with van der Waals surface area (Å²) < 4.78 is 1.57. The second-order valence-corrected chi connectivity index (χ2v) is 7.52. The van der Waals surface area contributed by atoms with E-state index >= 15 is 0 Å². The van der Waals surface area contributed by atoms with Crippen molar-refractivity contribution in [3.63, 3.8) is 0 Å². The Morgan fingerprint density at radius 1 is 1.31 bits per heavy atom. The molecule has 7 heteroatoms. The Labute approximate surface area is 169 Å². The van der Waals surface area contributed by atoms with Crippen LogP contribution in [0.4, 0.5) is 0 Å². The van der Waals surface area contributed by atoms with Gasteiger partial charge in [0.1, 0.15) is 11.6 Å². The van der Waals surface area contributed by atoms with E-state index in [0.29, 0.717) is 25.1 Å². The van der Waals surface area contributed by atoms with Crippen molar-refractivity contribution >= 4 is 16.9 Å². The number of imidazole rings is 1. The van der Waals surface area contributed by atoms with Crippen LogP contribution in [0, 0.1) is 12.8 Å². The van der Waals surface area contributed by atoms with E-state index in [1.807, 2.05) is 24.3 Å². The van der Waals surface area contributed by atoms with Gasteiger partial charge in [0.2, 0.25) is 5.91 Å². The van der Waals surface area contributed by atoms with Crippen LogP contribution in [-0.2, 0) is 11.3 Å². The number of para-hydroxylation sites is 2. The fraction of sp³-hybridized carbons (Fsp3) is 0.409. The Morgan fingerprint density at radius 3 is 2.76 bits per heavy atom. The minimum Gasteiger partial charge on any atom is -0.508 e. The van der Waals surface area contributed by atoms with Gasteiger partial charge in [0.05, 0.1) is 17.1 Å².